The number of rotatable bonds is 20. The van der Waals surface area contributed by atoms with Gasteiger partial charge in [0.2, 0.25) is 11.8 Å². The first-order valence-corrected chi connectivity index (χ1v) is 29.4. The van der Waals surface area contributed by atoms with Crippen LogP contribution in [0.1, 0.15) is 98.8 Å². The van der Waals surface area contributed by atoms with Crippen molar-refractivity contribution < 1.29 is 177 Å². The molecule has 7 atom stereocenters. The van der Waals surface area contributed by atoms with Crippen LogP contribution < -0.4 is 134 Å². The van der Waals surface area contributed by atoms with E-state index in [-0.39, 0.29) is 183 Å². The van der Waals surface area contributed by atoms with Gasteiger partial charge in [-0.25, -0.2) is 0 Å². The maximum Gasteiger partial charge on any atom is 1.00 e. The van der Waals surface area contributed by atoms with Gasteiger partial charge in [-0.05, 0) is 110 Å². The molecule has 3 fully saturated rings. The van der Waals surface area contributed by atoms with Gasteiger partial charge in [0, 0.05) is 58.4 Å². The number of aliphatic hydroxyl groups is 2. The first-order valence-electron chi connectivity index (χ1n) is 27.5. The zero-order chi connectivity index (χ0) is 63.0. The van der Waals surface area contributed by atoms with Gasteiger partial charge in [-0.3, -0.25) is 38.4 Å². The molecule has 7 rings (SSSR count). The van der Waals surface area contributed by atoms with Crippen LogP contribution in [0.15, 0.2) is 122 Å². The molecule has 0 aliphatic carbocycles. The van der Waals surface area contributed by atoms with Crippen LogP contribution in [0, 0.1) is 13.8 Å². The summed E-state index contributed by atoms with van der Waals surface area (Å²) in [7, 11) is 0. The van der Waals surface area contributed by atoms with E-state index in [4.69, 9.17) is 19.5 Å². The number of phenolic OH excluding ortho intramolecular Hbond substituents is 1. The fraction of sp³-hybridized carbons (Fsp3) is 0.419. The van der Waals surface area contributed by atoms with Crippen LogP contribution in [-0.4, -0.2) is 156 Å². The second-order valence-electron chi connectivity index (χ2n) is 21.2. The van der Waals surface area contributed by atoms with E-state index in [1.807, 2.05) is 88.4 Å². The van der Waals surface area contributed by atoms with E-state index in [9.17, 15) is 48.9 Å². The van der Waals surface area contributed by atoms with E-state index in [1.54, 1.807) is 56.3 Å². The fourth-order valence-corrected chi connectivity index (χ4v) is 11.8. The van der Waals surface area contributed by atoms with Gasteiger partial charge < -0.3 is 67.4 Å². The number of ether oxygens (including phenoxy) is 2. The van der Waals surface area contributed by atoms with Gasteiger partial charge in [0.05, 0.1) is 29.9 Å². The van der Waals surface area contributed by atoms with Crippen molar-refractivity contribution in [2.24, 2.45) is 0 Å². The normalized spacial score (nSPS) is 18.0. The molecule has 0 radical (unpaired) electrons. The molecule has 0 saturated carbocycles. The number of thioether (sulfide) groups is 2. The van der Waals surface area contributed by atoms with Crippen molar-refractivity contribution in [2.45, 2.75) is 133 Å². The molecule has 3 aliphatic heterocycles. The van der Waals surface area contributed by atoms with Gasteiger partial charge in [-0.1, -0.05) is 84.9 Å². The first-order chi connectivity index (χ1) is 40.3. The third kappa shape index (κ3) is 23.8. The van der Waals surface area contributed by atoms with Gasteiger partial charge in [0.15, 0.2) is 12.2 Å². The van der Waals surface area contributed by atoms with Crippen LogP contribution in [0.5, 0.6) is 11.5 Å². The van der Waals surface area contributed by atoms with E-state index >= 15 is 0 Å². The molecule has 7 N–H and O–H groups in total. The van der Waals surface area contributed by atoms with Gasteiger partial charge in [0.25, 0.3) is 30.1 Å². The largest absolute Gasteiger partial charge is 1.00 e. The Labute approximate surface area is 604 Å². The number of aromatic hydroxyl groups is 1. The van der Waals surface area contributed by atoms with Crippen molar-refractivity contribution in [3.8, 4) is 11.5 Å². The zero-order valence-electron chi connectivity index (χ0n) is 52.2. The summed E-state index contributed by atoms with van der Waals surface area (Å²) < 4.78 is 9.19. The summed E-state index contributed by atoms with van der Waals surface area (Å²) in [6.07, 6.45) is 3.31. The molecule has 3 saturated heterocycles. The number of esters is 1. The summed E-state index contributed by atoms with van der Waals surface area (Å²) in [5, 5.41) is 52.1. The standard InChI is InChI=1S/C29H35N3O6S.C27H33N3O5S.C5H10O.CH2O3.2K.H/c1-6-15-30-27(36)25-29(4,5)39-17-32(25)28(37)24(34)22(16-20-11-8-7-9-12-20)31-26(35)21-13-10-14-23(18(21)2)38-19(3)33;1-5-14-28-25(34)23-27(3,4)36-16-30(23)26(35)22(32)20(15-18-10-7-6-8-11-18)29-24(33)19-12-9-13-21(31)17(19)2;1-5-3-2-4-6-5;2-1-4-3;;;/h6-14,22,24-25,34H,1,15-17H2,2-5H3,(H,30,36)(H,31,35);5-13,20,22-23,31-32H,1,14-16H2,2-4H3,(H,28,34)(H,29,33);5H,2-4H2,1H3;1,3H;;;/q;;;;2*+1;-1/p-1/t22?,24-,25?;20?,22-,23?;;;;;/m00...../s1. The second kappa shape index (κ2) is 39.1. The minimum absolute atomic E-state index is 0. The topological polar surface area (TPSA) is 303 Å². The summed E-state index contributed by atoms with van der Waals surface area (Å²) in [4.78, 5) is 105. The van der Waals surface area contributed by atoms with Crippen LogP contribution >= 0.6 is 23.5 Å². The average Bonchev–Trinajstić information content (AvgIpc) is 3.42. The molecular formula is C62H80K2N6O15S2. The summed E-state index contributed by atoms with van der Waals surface area (Å²) in [5.74, 6) is -2.87. The Hall–Kier alpha value is -4.27. The minimum atomic E-state index is -1.63. The Morgan fingerprint density at radius 2 is 1.13 bits per heavy atom. The second-order valence-corrected chi connectivity index (χ2v) is 24.4. The minimum Gasteiger partial charge on any atom is -1.00 e. The van der Waals surface area contributed by atoms with Crippen molar-refractivity contribution in [1.82, 2.24) is 31.1 Å². The summed E-state index contributed by atoms with van der Waals surface area (Å²) >= 11 is 2.88. The number of hydrogen-bond acceptors (Lipinski definition) is 17. The molecule has 3 aliphatic rings. The van der Waals surface area contributed by atoms with E-state index in [0.29, 0.717) is 17.2 Å². The average molecular weight is 1290 g/mol. The molecular weight excluding hydrogens is 1210 g/mol. The third-order valence-electron chi connectivity index (χ3n) is 14.0. The maximum atomic E-state index is 13.7. The molecule has 4 aromatic rings. The summed E-state index contributed by atoms with van der Waals surface area (Å²) in [6, 6.07) is 24.1. The first kappa shape index (κ1) is 78.8. The number of carbonyl (C=O) groups is 8. The molecule has 0 aromatic heterocycles. The number of phenols is 1. The number of carbonyl (C=O) groups excluding carboxylic acids is 8. The Kier molecular flexibility index (Phi) is 35.4. The number of amides is 6. The summed E-state index contributed by atoms with van der Waals surface area (Å²) in [5.41, 5.74) is 2.94. The molecule has 0 bridgehead atoms. The van der Waals surface area contributed by atoms with E-state index in [1.165, 1.54) is 59.2 Å². The van der Waals surface area contributed by atoms with Gasteiger partial charge >= 0.3 is 109 Å². The Morgan fingerprint density at radius 1 is 0.713 bits per heavy atom. The molecule has 5 unspecified atom stereocenters. The zero-order valence-corrected chi connectivity index (χ0v) is 59.1. The predicted molar refractivity (Wildman–Crippen MR) is 324 cm³/mol. The van der Waals surface area contributed by atoms with Gasteiger partial charge in [-0.15, -0.1) is 36.7 Å². The molecule has 21 nitrogen and oxygen atoms in total. The number of nitrogens with zero attached hydrogens (tertiary/aromatic N) is 2. The fourth-order valence-electron chi connectivity index (χ4n) is 9.49. The monoisotopic (exact) mass is 1290 g/mol. The van der Waals surface area contributed by atoms with E-state index < -0.39 is 75.5 Å². The van der Waals surface area contributed by atoms with Gasteiger partial charge in [0.1, 0.15) is 23.6 Å². The van der Waals surface area contributed by atoms with Crippen LogP contribution in [0.25, 0.3) is 0 Å². The van der Waals surface area contributed by atoms with Crippen LogP contribution in [0.2, 0.25) is 0 Å². The van der Waals surface area contributed by atoms with Crippen molar-refractivity contribution in [3.63, 3.8) is 0 Å². The Morgan fingerprint density at radius 3 is 1.48 bits per heavy atom. The SMILES string of the molecule is C=CCNC(=O)C1N(C(=O)[C@@H](O)C(Cc2ccccc2)NC(=O)c2cccc(O)c2C)CSC1(C)C.C=CCNC(=O)C1N(C(=O)[C@@H](O)C(Cc2ccccc2)NC(=O)c2cccc(OC(C)=O)c2C)CSC1(C)C.CC1CCCO1.O=CO[O-].[H-].[K+].[K+]. The summed E-state index contributed by atoms with van der Waals surface area (Å²) in [6.45, 7) is 22.7. The number of benzene rings is 4. The molecule has 87 heavy (non-hydrogen) atoms. The molecule has 25 heteroatoms. The van der Waals surface area contributed by atoms with Gasteiger partial charge in [-0.2, -0.15) is 0 Å². The van der Waals surface area contributed by atoms with Crippen LogP contribution in [0.4, 0.5) is 0 Å². The Bertz CT molecular complexity index is 2950. The smallest absolute Gasteiger partial charge is 1.00 e. The molecule has 3 heterocycles. The predicted octanol–water partition coefficient (Wildman–Crippen LogP) is -1.27. The number of hydrogen-bond donors (Lipinski definition) is 7. The molecule has 6 amide bonds. The molecule has 0 spiro atoms. The number of aliphatic hydroxyl groups excluding tert-OH is 2. The third-order valence-corrected chi connectivity index (χ3v) is 16.8. The van der Waals surface area contributed by atoms with E-state index in [0.717, 1.165) is 17.7 Å². The van der Waals surface area contributed by atoms with Crippen molar-refractivity contribution >= 4 is 71.4 Å². The number of nitrogens with one attached hydrogen (secondary N) is 4. The Balaban J connectivity index is 0.000000738. The molecule has 462 valence electrons. The van der Waals surface area contributed by atoms with Crippen molar-refractivity contribution in [1.29, 1.82) is 0 Å². The van der Waals surface area contributed by atoms with Crippen LogP contribution in [0.3, 0.4) is 0 Å². The van der Waals surface area contributed by atoms with Crippen molar-refractivity contribution in [3.05, 3.63) is 156 Å². The maximum absolute atomic E-state index is 13.7. The van der Waals surface area contributed by atoms with E-state index in [2.05, 4.69) is 46.2 Å². The van der Waals surface area contributed by atoms with Crippen molar-refractivity contribution in [2.75, 3.05) is 31.4 Å². The quantitative estimate of drug-likeness (QED) is 0.0103. The molecule has 4 aromatic carbocycles. The van der Waals surface area contributed by atoms with Crippen LogP contribution in [-0.2, 0) is 51.2 Å².